The molecule has 0 bridgehead atoms. The Labute approximate surface area is 141 Å². The number of fused-ring (bicyclic) bond motifs is 1. The van der Waals surface area contributed by atoms with Crippen LogP contribution in [0, 0.1) is 13.8 Å². The Bertz CT molecular complexity index is 888. The number of carbonyl (C=O) groups excluding carboxylic acids is 1. The second-order valence-corrected chi connectivity index (χ2v) is 6.39. The number of imidazole rings is 1. The molecule has 0 fully saturated rings. The number of anilines is 1. The Kier molecular flexibility index (Phi) is 3.93. The lowest BCUT2D eigenvalue weighted by atomic mass is 10.2. The Morgan fingerprint density at radius 3 is 2.77 bits per heavy atom. The number of halogens is 2. The minimum Gasteiger partial charge on any atom is -0.320 e. The lowest BCUT2D eigenvalue weighted by Crippen LogP contribution is -2.16. The SMILES string of the molecule is Cc1cc(Cl)ccc1NC(=O)c1c(C)nc2ccc(Br)cn12. The highest BCUT2D eigenvalue weighted by atomic mass is 79.9. The van der Waals surface area contributed by atoms with E-state index in [4.69, 9.17) is 11.6 Å². The van der Waals surface area contributed by atoms with Crippen molar-refractivity contribution in [1.29, 1.82) is 0 Å². The lowest BCUT2D eigenvalue weighted by molar-refractivity contribution is 0.102. The summed E-state index contributed by atoms with van der Waals surface area (Å²) < 4.78 is 2.66. The van der Waals surface area contributed by atoms with Crippen molar-refractivity contribution in [2.24, 2.45) is 0 Å². The highest BCUT2D eigenvalue weighted by Crippen LogP contribution is 2.22. The Hall–Kier alpha value is -1.85. The average Bonchev–Trinajstić information content (AvgIpc) is 2.77. The van der Waals surface area contributed by atoms with Gasteiger partial charge < -0.3 is 5.32 Å². The van der Waals surface area contributed by atoms with Crippen LogP contribution in [0.2, 0.25) is 5.02 Å². The molecule has 0 aliphatic rings. The maximum atomic E-state index is 12.6. The molecular weight excluding hydrogens is 366 g/mol. The second-order valence-electron chi connectivity index (χ2n) is 5.03. The Morgan fingerprint density at radius 1 is 1.27 bits per heavy atom. The van der Waals surface area contributed by atoms with Gasteiger partial charge in [-0.15, -0.1) is 0 Å². The van der Waals surface area contributed by atoms with Crippen LogP contribution < -0.4 is 5.32 Å². The van der Waals surface area contributed by atoms with E-state index in [1.54, 1.807) is 16.5 Å². The number of aryl methyl sites for hydroxylation is 2. The van der Waals surface area contributed by atoms with Crippen LogP contribution in [0.15, 0.2) is 41.0 Å². The second kappa shape index (κ2) is 5.74. The van der Waals surface area contributed by atoms with E-state index >= 15 is 0 Å². The first kappa shape index (κ1) is 15.1. The van der Waals surface area contributed by atoms with Crippen molar-refractivity contribution < 1.29 is 4.79 Å². The molecule has 3 aromatic rings. The molecule has 0 radical (unpaired) electrons. The van der Waals surface area contributed by atoms with Crippen molar-refractivity contribution in [2.75, 3.05) is 5.32 Å². The Balaban J connectivity index is 2.02. The zero-order chi connectivity index (χ0) is 15.9. The molecule has 4 nitrogen and oxygen atoms in total. The predicted molar refractivity (Wildman–Crippen MR) is 91.8 cm³/mol. The summed E-state index contributed by atoms with van der Waals surface area (Å²) >= 11 is 9.36. The van der Waals surface area contributed by atoms with Crippen LogP contribution >= 0.6 is 27.5 Å². The minimum atomic E-state index is -0.200. The average molecular weight is 379 g/mol. The highest BCUT2D eigenvalue weighted by molar-refractivity contribution is 9.10. The summed E-state index contributed by atoms with van der Waals surface area (Å²) in [5.74, 6) is -0.200. The molecule has 1 aromatic carbocycles. The number of carbonyl (C=O) groups is 1. The van der Waals surface area contributed by atoms with E-state index in [1.165, 1.54) is 0 Å². The van der Waals surface area contributed by atoms with Gasteiger partial charge in [-0.3, -0.25) is 9.20 Å². The molecule has 112 valence electrons. The predicted octanol–water partition coefficient (Wildman–Crippen LogP) is 4.62. The molecule has 2 heterocycles. The number of amides is 1. The normalized spacial score (nSPS) is 10.9. The summed E-state index contributed by atoms with van der Waals surface area (Å²) in [6, 6.07) is 9.12. The summed E-state index contributed by atoms with van der Waals surface area (Å²) in [5.41, 5.74) is 3.58. The topological polar surface area (TPSA) is 46.4 Å². The van der Waals surface area contributed by atoms with E-state index in [1.807, 2.05) is 38.2 Å². The van der Waals surface area contributed by atoms with Crippen molar-refractivity contribution >= 4 is 44.8 Å². The largest absolute Gasteiger partial charge is 0.320 e. The van der Waals surface area contributed by atoms with Crippen LogP contribution in [0.1, 0.15) is 21.7 Å². The molecular formula is C16H13BrClN3O. The van der Waals surface area contributed by atoms with Crippen molar-refractivity contribution in [3.63, 3.8) is 0 Å². The summed E-state index contributed by atoms with van der Waals surface area (Å²) in [4.78, 5) is 17.1. The van der Waals surface area contributed by atoms with Crippen molar-refractivity contribution in [3.8, 4) is 0 Å². The van der Waals surface area contributed by atoms with Gasteiger partial charge in [0.05, 0.1) is 5.69 Å². The fourth-order valence-electron chi connectivity index (χ4n) is 2.36. The first-order valence-electron chi connectivity index (χ1n) is 6.67. The number of hydrogen-bond donors (Lipinski definition) is 1. The van der Waals surface area contributed by atoms with Crippen molar-refractivity contribution in [3.05, 3.63) is 63.0 Å². The summed E-state index contributed by atoms with van der Waals surface area (Å²) in [7, 11) is 0. The maximum Gasteiger partial charge on any atom is 0.274 e. The number of nitrogens with zero attached hydrogens (tertiary/aromatic N) is 2. The van der Waals surface area contributed by atoms with E-state index in [-0.39, 0.29) is 5.91 Å². The van der Waals surface area contributed by atoms with Crippen LogP contribution in [0.5, 0.6) is 0 Å². The van der Waals surface area contributed by atoms with E-state index in [9.17, 15) is 4.79 Å². The molecule has 22 heavy (non-hydrogen) atoms. The van der Waals surface area contributed by atoms with Gasteiger partial charge in [-0.1, -0.05) is 11.6 Å². The van der Waals surface area contributed by atoms with Crippen molar-refractivity contribution in [2.45, 2.75) is 13.8 Å². The summed E-state index contributed by atoms with van der Waals surface area (Å²) in [6.45, 7) is 3.73. The van der Waals surface area contributed by atoms with Gasteiger partial charge in [0.2, 0.25) is 0 Å². The zero-order valence-corrected chi connectivity index (χ0v) is 14.4. The Morgan fingerprint density at radius 2 is 2.05 bits per heavy atom. The van der Waals surface area contributed by atoms with Crippen LogP contribution in [0.25, 0.3) is 5.65 Å². The number of aromatic nitrogens is 2. The number of hydrogen-bond acceptors (Lipinski definition) is 2. The molecule has 0 saturated heterocycles. The number of pyridine rings is 1. The van der Waals surface area contributed by atoms with Gasteiger partial charge in [-0.25, -0.2) is 4.98 Å². The quantitative estimate of drug-likeness (QED) is 0.707. The fraction of sp³-hybridized carbons (Fsp3) is 0.125. The lowest BCUT2D eigenvalue weighted by Gasteiger charge is -2.09. The summed E-state index contributed by atoms with van der Waals surface area (Å²) in [6.07, 6.45) is 1.83. The van der Waals surface area contributed by atoms with Crippen LogP contribution in [0.4, 0.5) is 5.69 Å². The minimum absolute atomic E-state index is 0.200. The van der Waals surface area contributed by atoms with Gasteiger partial charge in [-0.05, 0) is 65.7 Å². The van der Waals surface area contributed by atoms with Gasteiger partial charge in [0.15, 0.2) is 0 Å². The van der Waals surface area contributed by atoms with E-state index in [0.717, 1.165) is 21.4 Å². The monoisotopic (exact) mass is 377 g/mol. The third kappa shape index (κ3) is 2.74. The van der Waals surface area contributed by atoms with Gasteiger partial charge in [0.1, 0.15) is 11.3 Å². The molecule has 0 saturated carbocycles. The smallest absolute Gasteiger partial charge is 0.274 e. The third-order valence-corrected chi connectivity index (χ3v) is 4.11. The molecule has 0 aliphatic heterocycles. The molecule has 6 heteroatoms. The molecule has 0 atom stereocenters. The van der Waals surface area contributed by atoms with E-state index in [2.05, 4.69) is 26.2 Å². The number of benzene rings is 1. The van der Waals surface area contributed by atoms with Crippen molar-refractivity contribution in [1.82, 2.24) is 9.38 Å². The fourth-order valence-corrected chi connectivity index (χ4v) is 2.92. The molecule has 0 spiro atoms. The van der Waals surface area contributed by atoms with Crippen LogP contribution in [0.3, 0.4) is 0 Å². The molecule has 3 rings (SSSR count). The summed E-state index contributed by atoms with van der Waals surface area (Å²) in [5, 5.41) is 3.56. The molecule has 0 aliphatic carbocycles. The highest BCUT2D eigenvalue weighted by Gasteiger charge is 2.17. The first-order chi connectivity index (χ1) is 10.5. The zero-order valence-electron chi connectivity index (χ0n) is 12.0. The van der Waals surface area contributed by atoms with E-state index in [0.29, 0.717) is 16.4 Å². The van der Waals surface area contributed by atoms with E-state index < -0.39 is 0 Å². The number of nitrogens with one attached hydrogen (secondary N) is 1. The van der Waals surface area contributed by atoms with Crippen LogP contribution in [-0.2, 0) is 0 Å². The standard InChI is InChI=1S/C16H13BrClN3O/c1-9-7-12(18)4-5-13(9)20-16(22)15-10(2)19-14-6-3-11(17)8-21(14)15/h3-8H,1-2H3,(H,20,22). The van der Waals surface area contributed by atoms with Gasteiger partial charge in [0, 0.05) is 21.4 Å². The van der Waals surface area contributed by atoms with Gasteiger partial charge in [-0.2, -0.15) is 0 Å². The van der Waals surface area contributed by atoms with Crippen LogP contribution in [-0.4, -0.2) is 15.3 Å². The third-order valence-electron chi connectivity index (χ3n) is 3.41. The molecule has 1 N–H and O–H groups in total. The molecule has 0 unspecified atom stereocenters. The maximum absolute atomic E-state index is 12.6. The first-order valence-corrected chi connectivity index (χ1v) is 7.84. The van der Waals surface area contributed by atoms with Gasteiger partial charge >= 0.3 is 0 Å². The molecule has 2 aromatic heterocycles. The number of rotatable bonds is 2. The molecule has 1 amide bonds. The van der Waals surface area contributed by atoms with Gasteiger partial charge in [0.25, 0.3) is 5.91 Å².